The predicted molar refractivity (Wildman–Crippen MR) is 81.9 cm³/mol. The highest BCUT2D eigenvalue weighted by atomic mass is 15.3. The molecule has 2 saturated carbocycles. The molecular formula is C18H31N. The second-order valence-electron chi connectivity index (χ2n) is 7.25. The summed E-state index contributed by atoms with van der Waals surface area (Å²) in [5.41, 5.74) is 1.74. The summed E-state index contributed by atoms with van der Waals surface area (Å²) in [6, 6.07) is 0. The van der Waals surface area contributed by atoms with Gasteiger partial charge in [0.25, 0.3) is 0 Å². The van der Waals surface area contributed by atoms with E-state index in [2.05, 4.69) is 24.8 Å². The largest absolute Gasteiger partial charge is 0.371 e. The maximum atomic E-state index is 2.64. The number of nitrogens with zero attached hydrogens (tertiary/aromatic N) is 1. The summed E-state index contributed by atoms with van der Waals surface area (Å²) in [6.45, 7) is 7.50. The lowest BCUT2D eigenvalue weighted by Gasteiger charge is -2.41. The summed E-state index contributed by atoms with van der Waals surface area (Å²) in [4.78, 5) is 2.64. The topological polar surface area (TPSA) is 3.01 Å². The van der Waals surface area contributed by atoms with Gasteiger partial charge in [-0.25, -0.2) is 0 Å². The third-order valence-corrected chi connectivity index (χ3v) is 5.77. The van der Waals surface area contributed by atoms with Gasteiger partial charge in [0, 0.05) is 24.7 Å². The maximum Gasteiger partial charge on any atom is 0.0351 e. The second-order valence-corrected chi connectivity index (χ2v) is 7.25. The molecule has 0 N–H and O–H groups in total. The molecular weight excluding hydrogens is 230 g/mol. The van der Waals surface area contributed by atoms with E-state index in [-0.39, 0.29) is 0 Å². The first-order valence-corrected chi connectivity index (χ1v) is 8.74. The van der Waals surface area contributed by atoms with Crippen LogP contribution in [0, 0.1) is 23.7 Å². The molecule has 2 aliphatic carbocycles. The van der Waals surface area contributed by atoms with Gasteiger partial charge in [-0.15, -0.1) is 0 Å². The highest BCUT2D eigenvalue weighted by molar-refractivity contribution is 5.14. The van der Waals surface area contributed by atoms with Crippen molar-refractivity contribution < 1.29 is 0 Å². The summed E-state index contributed by atoms with van der Waals surface area (Å²) in [5, 5.41) is 0. The van der Waals surface area contributed by atoms with Crippen LogP contribution in [0.5, 0.6) is 0 Å². The fourth-order valence-electron chi connectivity index (χ4n) is 4.19. The van der Waals surface area contributed by atoms with E-state index in [0.29, 0.717) is 0 Å². The zero-order valence-corrected chi connectivity index (χ0v) is 12.9. The van der Waals surface area contributed by atoms with E-state index in [9.17, 15) is 0 Å². The number of hydrogen-bond acceptors (Lipinski definition) is 1. The Morgan fingerprint density at radius 3 is 2.26 bits per heavy atom. The molecule has 1 saturated heterocycles. The van der Waals surface area contributed by atoms with Crippen molar-refractivity contribution >= 4 is 0 Å². The Morgan fingerprint density at radius 2 is 1.84 bits per heavy atom. The molecule has 0 amide bonds. The molecule has 0 radical (unpaired) electrons. The molecule has 1 aliphatic heterocycles. The Balaban J connectivity index is 1.69. The van der Waals surface area contributed by atoms with Crippen LogP contribution in [0.2, 0.25) is 0 Å². The summed E-state index contributed by atoms with van der Waals surface area (Å²) in [7, 11) is 0. The fraction of sp³-hybridized carbons (Fsp3) is 0.889. The zero-order chi connectivity index (χ0) is 13.2. The lowest BCUT2D eigenvalue weighted by molar-refractivity contribution is 0.132. The molecule has 108 valence electrons. The molecule has 0 bridgehead atoms. The average molecular weight is 261 g/mol. The van der Waals surface area contributed by atoms with Crippen LogP contribution in [0.15, 0.2) is 11.8 Å². The minimum Gasteiger partial charge on any atom is -0.371 e. The van der Waals surface area contributed by atoms with E-state index in [1.54, 1.807) is 5.70 Å². The maximum absolute atomic E-state index is 2.64. The van der Waals surface area contributed by atoms with E-state index < -0.39 is 0 Å². The molecule has 3 fully saturated rings. The Labute approximate surface area is 119 Å². The fourth-order valence-corrected chi connectivity index (χ4v) is 4.19. The van der Waals surface area contributed by atoms with Gasteiger partial charge < -0.3 is 4.90 Å². The normalized spacial score (nSPS) is 27.7. The molecule has 2 atom stereocenters. The van der Waals surface area contributed by atoms with Gasteiger partial charge in [-0.2, -0.15) is 0 Å². The first-order valence-electron chi connectivity index (χ1n) is 8.74. The number of allylic oxidation sites excluding steroid dienone is 2. The van der Waals surface area contributed by atoms with Gasteiger partial charge in [0.05, 0.1) is 0 Å². The van der Waals surface area contributed by atoms with Crippen LogP contribution >= 0.6 is 0 Å². The third-order valence-electron chi connectivity index (χ3n) is 5.77. The van der Waals surface area contributed by atoms with Crippen molar-refractivity contribution in [2.45, 2.75) is 65.2 Å². The molecule has 1 heteroatoms. The Morgan fingerprint density at radius 1 is 1.16 bits per heavy atom. The summed E-state index contributed by atoms with van der Waals surface area (Å²) >= 11 is 0. The first-order chi connectivity index (χ1) is 9.29. The molecule has 19 heavy (non-hydrogen) atoms. The summed E-state index contributed by atoms with van der Waals surface area (Å²) in [6.07, 6.45) is 14.3. The van der Waals surface area contributed by atoms with E-state index in [4.69, 9.17) is 0 Å². The number of rotatable bonds is 7. The smallest absolute Gasteiger partial charge is 0.0351 e. The van der Waals surface area contributed by atoms with Crippen molar-refractivity contribution in [2.24, 2.45) is 23.7 Å². The van der Waals surface area contributed by atoms with Gasteiger partial charge in [0.2, 0.25) is 0 Å². The molecule has 2 unspecified atom stereocenters. The van der Waals surface area contributed by atoms with E-state index in [1.165, 1.54) is 64.5 Å². The van der Waals surface area contributed by atoms with Crippen LogP contribution in [0.3, 0.4) is 0 Å². The van der Waals surface area contributed by atoms with E-state index in [1.807, 2.05) is 0 Å². The summed E-state index contributed by atoms with van der Waals surface area (Å²) in [5.74, 6) is 3.87. The molecule has 3 rings (SSSR count). The average Bonchev–Trinajstić information content (AvgIpc) is 3.09. The molecule has 0 spiro atoms. The van der Waals surface area contributed by atoms with Crippen molar-refractivity contribution in [2.75, 3.05) is 13.1 Å². The van der Waals surface area contributed by atoms with Crippen molar-refractivity contribution in [1.82, 2.24) is 4.90 Å². The standard InChI is InChI=1S/C18H31N/c1-3-6-17(19-11-12-19)18(16-9-5-10-16)14(2)13-15-7-4-8-15/h6,14-16,18H,3-5,7-13H2,1-2H3/b17-6-. The molecule has 3 aliphatic rings. The van der Waals surface area contributed by atoms with Gasteiger partial charge in [0.15, 0.2) is 0 Å². The minimum absolute atomic E-state index is 0.886. The van der Waals surface area contributed by atoms with Crippen LogP contribution in [0.25, 0.3) is 0 Å². The highest BCUT2D eigenvalue weighted by Gasteiger charge is 2.38. The SMILES string of the molecule is CC/C=C(/C(C(C)CC1CCC1)C1CCC1)N1CC1. The van der Waals surface area contributed by atoms with Gasteiger partial charge in [0.1, 0.15) is 0 Å². The van der Waals surface area contributed by atoms with Gasteiger partial charge in [-0.1, -0.05) is 45.6 Å². The Bertz CT molecular complexity index is 321. The van der Waals surface area contributed by atoms with Crippen molar-refractivity contribution in [3.8, 4) is 0 Å². The van der Waals surface area contributed by atoms with Gasteiger partial charge in [-0.3, -0.25) is 0 Å². The van der Waals surface area contributed by atoms with Crippen molar-refractivity contribution in [1.29, 1.82) is 0 Å². The zero-order valence-electron chi connectivity index (χ0n) is 12.9. The molecule has 0 aromatic rings. The van der Waals surface area contributed by atoms with Gasteiger partial charge >= 0.3 is 0 Å². The highest BCUT2D eigenvalue weighted by Crippen LogP contribution is 2.46. The summed E-state index contributed by atoms with van der Waals surface area (Å²) < 4.78 is 0. The Hall–Kier alpha value is -0.460. The molecule has 1 nitrogen and oxygen atoms in total. The molecule has 0 aromatic carbocycles. The van der Waals surface area contributed by atoms with Crippen molar-refractivity contribution in [3.63, 3.8) is 0 Å². The predicted octanol–water partition coefficient (Wildman–Crippen LogP) is 4.84. The lowest BCUT2D eigenvalue weighted by Crippen LogP contribution is -2.33. The van der Waals surface area contributed by atoms with Crippen LogP contribution in [-0.2, 0) is 0 Å². The van der Waals surface area contributed by atoms with Crippen LogP contribution in [0.1, 0.15) is 65.2 Å². The second kappa shape index (κ2) is 5.89. The lowest BCUT2D eigenvalue weighted by atomic mass is 9.66. The first kappa shape index (κ1) is 13.5. The minimum atomic E-state index is 0.886. The van der Waals surface area contributed by atoms with Gasteiger partial charge in [-0.05, 0) is 43.4 Å². The van der Waals surface area contributed by atoms with E-state index >= 15 is 0 Å². The number of hydrogen-bond donors (Lipinski definition) is 0. The van der Waals surface area contributed by atoms with E-state index in [0.717, 1.165) is 23.7 Å². The van der Waals surface area contributed by atoms with Crippen molar-refractivity contribution in [3.05, 3.63) is 11.8 Å². The molecule has 0 aromatic heterocycles. The quantitative estimate of drug-likeness (QED) is 0.593. The van der Waals surface area contributed by atoms with Crippen LogP contribution in [0.4, 0.5) is 0 Å². The third kappa shape index (κ3) is 3.01. The Kier molecular flexibility index (Phi) is 4.19. The van der Waals surface area contributed by atoms with Crippen LogP contribution < -0.4 is 0 Å². The monoisotopic (exact) mass is 261 g/mol. The molecule has 1 heterocycles. The van der Waals surface area contributed by atoms with Crippen LogP contribution in [-0.4, -0.2) is 18.0 Å².